The average molecular weight is 268 g/mol. The summed E-state index contributed by atoms with van der Waals surface area (Å²) in [5.41, 5.74) is 3.67. The van der Waals surface area contributed by atoms with E-state index in [1.165, 1.54) is 36.1 Å². The Balaban J connectivity index is 1.90. The lowest BCUT2D eigenvalue weighted by Crippen LogP contribution is -2.17. The first-order valence-corrected chi connectivity index (χ1v) is 7.07. The molecule has 0 radical (unpaired) electrons. The molecule has 0 aliphatic carbocycles. The molecule has 1 saturated heterocycles. The number of rotatable bonds is 3. The van der Waals surface area contributed by atoms with Crippen molar-refractivity contribution in [3.63, 3.8) is 0 Å². The fraction of sp³-hybridized carbons (Fsp3) is 0.353. The molecule has 3 heteroatoms. The largest absolute Gasteiger partial charge is 0.497 e. The van der Waals surface area contributed by atoms with Gasteiger partial charge in [0, 0.05) is 24.0 Å². The summed E-state index contributed by atoms with van der Waals surface area (Å²) >= 11 is 0. The Morgan fingerprint density at radius 2 is 1.95 bits per heavy atom. The molecule has 1 atom stereocenters. The van der Waals surface area contributed by atoms with Gasteiger partial charge in [0.25, 0.3) is 0 Å². The van der Waals surface area contributed by atoms with Crippen molar-refractivity contribution in [3.05, 3.63) is 48.3 Å². The van der Waals surface area contributed by atoms with Crippen molar-refractivity contribution in [3.8, 4) is 16.9 Å². The zero-order valence-corrected chi connectivity index (χ0v) is 12.0. The molecule has 20 heavy (non-hydrogen) atoms. The van der Waals surface area contributed by atoms with Crippen molar-refractivity contribution in [1.29, 1.82) is 0 Å². The first-order chi connectivity index (χ1) is 9.78. The number of hydrogen-bond acceptors (Lipinski definition) is 3. The van der Waals surface area contributed by atoms with Gasteiger partial charge in [-0.25, -0.2) is 0 Å². The van der Waals surface area contributed by atoms with E-state index in [-0.39, 0.29) is 0 Å². The minimum absolute atomic E-state index is 0.515. The second-order valence-electron chi connectivity index (χ2n) is 5.37. The molecule has 0 N–H and O–H groups in total. The van der Waals surface area contributed by atoms with Crippen molar-refractivity contribution < 1.29 is 4.74 Å². The molecule has 0 amide bonds. The van der Waals surface area contributed by atoms with Crippen LogP contribution in [0.5, 0.6) is 5.75 Å². The quantitative estimate of drug-likeness (QED) is 0.851. The van der Waals surface area contributed by atoms with Crippen LogP contribution in [0.1, 0.15) is 24.4 Å². The number of benzene rings is 1. The molecule has 3 nitrogen and oxygen atoms in total. The van der Waals surface area contributed by atoms with Crippen LogP contribution >= 0.6 is 0 Å². The molecule has 1 aliphatic heterocycles. The molecule has 2 aromatic rings. The van der Waals surface area contributed by atoms with Gasteiger partial charge in [-0.2, -0.15) is 0 Å². The summed E-state index contributed by atoms with van der Waals surface area (Å²) in [6.07, 6.45) is 6.43. The number of nitrogens with zero attached hydrogens (tertiary/aromatic N) is 2. The van der Waals surface area contributed by atoms with E-state index >= 15 is 0 Å². The maximum atomic E-state index is 5.20. The standard InChI is InChI=1S/C17H20N2O/c1-19-9-3-4-17(19)15-10-14(11-18-12-15)13-5-7-16(20-2)8-6-13/h5-8,10-12,17H,3-4,9H2,1-2H3. The van der Waals surface area contributed by atoms with E-state index in [0.717, 1.165) is 5.75 Å². The molecular formula is C17H20N2O. The molecule has 2 heterocycles. The summed E-state index contributed by atoms with van der Waals surface area (Å²) in [5.74, 6) is 0.883. The van der Waals surface area contributed by atoms with Crippen LogP contribution in [0.3, 0.4) is 0 Å². The Bertz CT molecular complexity index is 580. The van der Waals surface area contributed by atoms with Gasteiger partial charge in [0.05, 0.1) is 7.11 Å². The highest BCUT2D eigenvalue weighted by molar-refractivity contribution is 5.64. The number of ether oxygens (including phenoxy) is 1. The first kappa shape index (κ1) is 13.1. The van der Waals surface area contributed by atoms with Crippen LogP contribution in [0.4, 0.5) is 0 Å². The maximum absolute atomic E-state index is 5.20. The average Bonchev–Trinajstić information content (AvgIpc) is 2.94. The fourth-order valence-corrected chi connectivity index (χ4v) is 2.91. The molecule has 0 bridgehead atoms. The van der Waals surface area contributed by atoms with Gasteiger partial charge >= 0.3 is 0 Å². The first-order valence-electron chi connectivity index (χ1n) is 7.07. The van der Waals surface area contributed by atoms with Crippen LogP contribution in [-0.4, -0.2) is 30.6 Å². The minimum atomic E-state index is 0.515. The normalized spacial score (nSPS) is 19.2. The zero-order valence-electron chi connectivity index (χ0n) is 12.0. The molecule has 1 fully saturated rings. The van der Waals surface area contributed by atoms with Crippen molar-refractivity contribution in [1.82, 2.24) is 9.88 Å². The van der Waals surface area contributed by atoms with E-state index in [0.29, 0.717) is 6.04 Å². The zero-order chi connectivity index (χ0) is 13.9. The van der Waals surface area contributed by atoms with E-state index in [1.807, 2.05) is 24.5 Å². The van der Waals surface area contributed by atoms with Gasteiger partial charge in [0.1, 0.15) is 5.75 Å². The van der Waals surface area contributed by atoms with Crippen molar-refractivity contribution >= 4 is 0 Å². The third-order valence-corrected chi connectivity index (χ3v) is 4.09. The number of methoxy groups -OCH3 is 1. The Hall–Kier alpha value is -1.87. The smallest absolute Gasteiger partial charge is 0.118 e. The Labute approximate surface area is 120 Å². The molecular weight excluding hydrogens is 248 g/mol. The summed E-state index contributed by atoms with van der Waals surface area (Å²) in [4.78, 5) is 6.84. The van der Waals surface area contributed by atoms with E-state index < -0.39 is 0 Å². The summed E-state index contributed by atoms with van der Waals surface area (Å²) in [7, 11) is 3.88. The predicted molar refractivity (Wildman–Crippen MR) is 80.8 cm³/mol. The third-order valence-electron chi connectivity index (χ3n) is 4.09. The number of aromatic nitrogens is 1. The summed E-state index contributed by atoms with van der Waals surface area (Å²) in [5, 5.41) is 0. The van der Waals surface area contributed by atoms with E-state index in [1.54, 1.807) is 7.11 Å². The second kappa shape index (κ2) is 5.63. The number of pyridine rings is 1. The molecule has 104 valence electrons. The van der Waals surface area contributed by atoms with E-state index in [4.69, 9.17) is 4.74 Å². The molecule has 1 aliphatic rings. The van der Waals surface area contributed by atoms with Crippen molar-refractivity contribution in [2.75, 3.05) is 20.7 Å². The maximum Gasteiger partial charge on any atom is 0.118 e. The second-order valence-corrected chi connectivity index (χ2v) is 5.37. The predicted octanol–water partition coefficient (Wildman–Crippen LogP) is 3.52. The SMILES string of the molecule is COc1ccc(-c2cncc(C3CCCN3C)c2)cc1. The topological polar surface area (TPSA) is 25.4 Å². The van der Waals surface area contributed by atoms with Crippen molar-refractivity contribution in [2.45, 2.75) is 18.9 Å². The lowest BCUT2D eigenvalue weighted by Gasteiger charge is -2.20. The van der Waals surface area contributed by atoms with Crippen LogP contribution in [-0.2, 0) is 0 Å². The summed E-state index contributed by atoms with van der Waals surface area (Å²) < 4.78 is 5.20. The Morgan fingerprint density at radius 1 is 1.15 bits per heavy atom. The highest BCUT2D eigenvalue weighted by atomic mass is 16.5. The van der Waals surface area contributed by atoms with Gasteiger partial charge in [-0.15, -0.1) is 0 Å². The lowest BCUT2D eigenvalue weighted by molar-refractivity contribution is 0.317. The third kappa shape index (κ3) is 2.54. The lowest BCUT2D eigenvalue weighted by atomic mass is 10.0. The van der Waals surface area contributed by atoms with Gasteiger partial charge in [-0.3, -0.25) is 9.88 Å². The number of hydrogen-bond donors (Lipinski definition) is 0. The van der Waals surface area contributed by atoms with Crippen LogP contribution in [0.2, 0.25) is 0 Å². The monoisotopic (exact) mass is 268 g/mol. The number of likely N-dealkylation sites (tertiary alicyclic amines) is 1. The van der Waals surface area contributed by atoms with Crippen LogP contribution in [0.15, 0.2) is 42.7 Å². The summed E-state index contributed by atoms with van der Waals surface area (Å²) in [6, 6.07) is 10.9. The van der Waals surface area contributed by atoms with Crippen LogP contribution < -0.4 is 4.74 Å². The van der Waals surface area contributed by atoms with Crippen LogP contribution in [0.25, 0.3) is 11.1 Å². The fourth-order valence-electron chi connectivity index (χ4n) is 2.91. The van der Waals surface area contributed by atoms with Gasteiger partial charge in [0.15, 0.2) is 0 Å². The van der Waals surface area contributed by atoms with Gasteiger partial charge < -0.3 is 4.74 Å². The Kier molecular flexibility index (Phi) is 3.70. The van der Waals surface area contributed by atoms with E-state index in [2.05, 4.69) is 35.1 Å². The van der Waals surface area contributed by atoms with Crippen LogP contribution in [0, 0.1) is 0 Å². The van der Waals surface area contributed by atoms with Gasteiger partial charge in [-0.05, 0) is 55.8 Å². The minimum Gasteiger partial charge on any atom is -0.497 e. The molecule has 0 saturated carbocycles. The molecule has 0 spiro atoms. The van der Waals surface area contributed by atoms with Gasteiger partial charge in [0.2, 0.25) is 0 Å². The highest BCUT2D eigenvalue weighted by Gasteiger charge is 2.22. The molecule has 3 rings (SSSR count). The molecule has 1 unspecified atom stereocenters. The van der Waals surface area contributed by atoms with E-state index in [9.17, 15) is 0 Å². The Morgan fingerprint density at radius 3 is 2.60 bits per heavy atom. The van der Waals surface area contributed by atoms with Gasteiger partial charge in [-0.1, -0.05) is 12.1 Å². The highest BCUT2D eigenvalue weighted by Crippen LogP contribution is 2.32. The summed E-state index contributed by atoms with van der Waals surface area (Å²) in [6.45, 7) is 1.18. The molecule has 1 aromatic carbocycles. The molecule has 1 aromatic heterocycles. The van der Waals surface area contributed by atoms with Crippen molar-refractivity contribution in [2.24, 2.45) is 0 Å².